The zero-order valence-corrected chi connectivity index (χ0v) is 12.6. The van der Waals surface area contributed by atoms with Crippen LogP contribution in [0.15, 0.2) is 36.4 Å². The van der Waals surface area contributed by atoms with E-state index in [1.807, 2.05) is 0 Å². The van der Waals surface area contributed by atoms with Crippen LogP contribution in [0, 0.1) is 5.82 Å². The topological polar surface area (TPSA) is 76.2 Å². The number of nitrogens with one attached hydrogen (secondary N) is 2. The molecule has 6 nitrogen and oxygen atoms in total. The first-order valence-corrected chi connectivity index (χ1v) is 7.52. The lowest BCUT2D eigenvalue weighted by Crippen LogP contribution is -2.25. The van der Waals surface area contributed by atoms with Crippen molar-refractivity contribution in [1.29, 1.82) is 0 Å². The number of benzene rings is 2. The van der Waals surface area contributed by atoms with Gasteiger partial charge in [0.15, 0.2) is 11.5 Å². The van der Waals surface area contributed by atoms with Crippen molar-refractivity contribution in [2.75, 3.05) is 13.2 Å². The molecule has 0 saturated carbocycles. The summed E-state index contributed by atoms with van der Waals surface area (Å²) in [7, 11) is 0. The number of carbonyl (C=O) groups is 1. The molecule has 0 bridgehead atoms. The maximum atomic E-state index is 13.2. The lowest BCUT2D eigenvalue weighted by Gasteiger charge is -2.20. The van der Waals surface area contributed by atoms with Crippen LogP contribution in [0.3, 0.4) is 0 Å². The number of hydrogen-bond acceptors (Lipinski definition) is 4. The number of halogens is 1. The average Bonchev–Trinajstić information content (AvgIpc) is 3.01. The van der Waals surface area contributed by atoms with Gasteiger partial charge in [-0.05, 0) is 30.3 Å². The third kappa shape index (κ3) is 2.64. The fraction of sp³-hybridized carbons (Fsp3) is 0.176. The number of para-hydroxylation sites is 1. The van der Waals surface area contributed by atoms with E-state index in [1.165, 1.54) is 12.1 Å². The van der Waals surface area contributed by atoms with Gasteiger partial charge < -0.3 is 19.8 Å². The van der Waals surface area contributed by atoms with Gasteiger partial charge in [-0.1, -0.05) is 6.07 Å². The van der Waals surface area contributed by atoms with Crippen molar-refractivity contribution in [2.45, 2.75) is 6.54 Å². The standard InChI is InChI=1S/C17H14FN3O3/c18-10-4-5-12-13(8-10)21-15(20-12)9-19-17(22)11-2-1-3-14-16(11)24-7-6-23-14/h1-5,8H,6-7,9H2,(H,19,22)(H,20,21). The molecule has 2 heterocycles. The van der Waals surface area contributed by atoms with Crippen LogP contribution in [-0.4, -0.2) is 29.1 Å². The first-order chi connectivity index (χ1) is 11.7. The average molecular weight is 327 g/mol. The largest absolute Gasteiger partial charge is 0.486 e. The van der Waals surface area contributed by atoms with Gasteiger partial charge in [-0.3, -0.25) is 4.79 Å². The molecule has 1 amide bonds. The number of hydrogen-bond donors (Lipinski definition) is 2. The van der Waals surface area contributed by atoms with Crippen molar-refractivity contribution in [2.24, 2.45) is 0 Å². The molecule has 0 radical (unpaired) electrons. The van der Waals surface area contributed by atoms with Gasteiger partial charge in [0.1, 0.15) is 24.9 Å². The second kappa shape index (κ2) is 5.84. The normalized spacial score (nSPS) is 13.0. The number of amides is 1. The Hall–Kier alpha value is -3.09. The van der Waals surface area contributed by atoms with Crippen molar-refractivity contribution in [3.8, 4) is 11.5 Å². The molecular formula is C17H14FN3O3. The Morgan fingerprint density at radius 2 is 2.12 bits per heavy atom. The molecule has 2 aromatic carbocycles. The molecule has 0 spiro atoms. The molecular weight excluding hydrogens is 313 g/mol. The lowest BCUT2D eigenvalue weighted by molar-refractivity contribution is 0.0939. The molecule has 0 atom stereocenters. The quantitative estimate of drug-likeness (QED) is 0.774. The van der Waals surface area contributed by atoms with Crippen LogP contribution in [-0.2, 0) is 6.54 Å². The number of rotatable bonds is 3. The number of ether oxygens (including phenoxy) is 2. The molecule has 0 unspecified atom stereocenters. The molecule has 1 aliphatic rings. The second-order valence-corrected chi connectivity index (χ2v) is 5.36. The number of carbonyl (C=O) groups excluding carboxylic acids is 1. The van der Waals surface area contributed by atoms with Gasteiger partial charge in [0, 0.05) is 0 Å². The molecule has 7 heteroatoms. The Morgan fingerprint density at radius 3 is 3.04 bits per heavy atom. The summed E-state index contributed by atoms with van der Waals surface area (Å²) in [4.78, 5) is 19.7. The summed E-state index contributed by atoms with van der Waals surface area (Å²) < 4.78 is 24.2. The molecule has 1 aromatic heterocycles. The van der Waals surface area contributed by atoms with Gasteiger partial charge in [-0.15, -0.1) is 0 Å². The summed E-state index contributed by atoms with van der Waals surface area (Å²) in [5.41, 5.74) is 1.65. The smallest absolute Gasteiger partial charge is 0.255 e. The van der Waals surface area contributed by atoms with E-state index in [4.69, 9.17) is 9.47 Å². The van der Waals surface area contributed by atoms with Crippen molar-refractivity contribution >= 4 is 16.9 Å². The van der Waals surface area contributed by atoms with Crippen LogP contribution in [0.2, 0.25) is 0 Å². The van der Waals surface area contributed by atoms with Gasteiger partial charge in [0.25, 0.3) is 5.91 Å². The Balaban J connectivity index is 1.52. The highest BCUT2D eigenvalue weighted by molar-refractivity contribution is 5.97. The van der Waals surface area contributed by atoms with E-state index in [-0.39, 0.29) is 18.3 Å². The number of fused-ring (bicyclic) bond motifs is 2. The van der Waals surface area contributed by atoms with Crippen molar-refractivity contribution in [3.63, 3.8) is 0 Å². The fourth-order valence-electron chi connectivity index (χ4n) is 2.63. The predicted molar refractivity (Wildman–Crippen MR) is 84.7 cm³/mol. The van der Waals surface area contributed by atoms with Crippen LogP contribution < -0.4 is 14.8 Å². The maximum Gasteiger partial charge on any atom is 0.255 e. The molecule has 0 aliphatic carbocycles. The zero-order valence-electron chi connectivity index (χ0n) is 12.6. The number of imidazole rings is 1. The molecule has 3 aromatic rings. The SMILES string of the molecule is O=C(NCc1nc2ccc(F)cc2[nH]1)c1cccc2c1OCCO2. The Bertz CT molecular complexity index is 923. The number of aromatic nitrogens is 2. The molecule has 2 N–H and O–H groups in total. The summed E-state index contributed by atoms with van der Waals surface area (Å²) in [6.07, 6.45) is 0. The van der Waals surface area contributed by atoms with E-state index in [0.29, 0.717) is 47.1 Å². The minimum absolute atomic E-state index is 0.194. The lowest BCUT2D eigenvalue weighted by atomic mass is 10.1. The van der Waals surface area contributed by atoms with Crippen LogP contribution in [0.25, 0.3) is 11.0 Å². The maximum absolute atomic E-state index is 13.2. The highest BCUT2D eigenvalue weighted by Gasteiger charge is 2.20. The molecule has 122 valence electrons. The van der Waals surface area contributed by atoms with Crippen LogP contribution in [0.1, 0.15) is 16.2 Å². The summed E-state index contributed by atoms with van der Waals surface area (Å²) in [5.74, 6) is 0.936. The van der Waals surface area contributed by atoms with Gasteiger partial charge in [-0.2, -0.15) is 0 Å². The van der Waals surface area contributed by atoms with Crippen LogP contribution in [0.4, 0.5) is 4.39 Å². The molecule has 24 heavy (non-hydrogen) atoms. The molecule has 0 fully saturated rings. The summed E-state index contributed by atoms with van der Waals surface area (Å²) in [6.45, 7) is 1.07. The van der Waals surface area contributed by atoms with Gasteiger partial charge in [0.05, 0.1) is 23.1 Å². The monoisotopic (exact) mass is 327 g/mol. The van der Waals surface area contributed by atoms with Crippen LogP contribution in [0.5, 0.6) is 11.5 Å². The summed E-state index contributed by atoms with van der Waals surface area (Å²) in [5, 5.41) is 2.78. The minimum atomic E-state index is -0.338. The Kier molecular flexibility index (Phi) is 3.53. The zero-order chi connectivity index (χ0) is 16.5. The molecule has 0 saturated heterocycles. The summed E-state index contributed by atoms with van der Waals surface area (Å²) in [6, 6.07) is 9.49. The first-order valence-electron chi connectivity index (χ1n) is 7.52. The van der Waals surface area contributed by atoms with E-state index >= 15 is 0 Å². The minimum Gasteiger partial charge on any atom is -0.486 e. The van der Waals surface area contributed by atoms with Crippen molar-refractivity contribution in [1.82, 2.24) is 15.3 Å². The van der Waals surface area contributed by atoms with Gasteiger partial charge in [0.2, 0.25) is 0 Å². The Labute approximate surface area is 136 Å². The first kappa shape index (κ1) is 14.5. The predicted octanol–water partition coefficient (Wildman–Crippen LogP) is 2.40. The fourth-order valence-corrected chi connectivity index (χ4v) is 2.63. The highest BCUT2D eigenvalue weighted by Crippen LogP contribution is 2.33. The van der Waals surface area contributed by atoms with Gasteiger partial charge >= 0.3 is 0 Å². The van der Waals surface area contributed by atoms with Crippen molar-refractivity contribution < 1.29 is 18.7 Å². The number of nitrogens with zero attached hydrogens (tertiary/aromatic N) is 1. The molecule has 1 aliphatic heterocycles. The van der Waals surface area contributed by atoms with E-state index < -0.39 is 0 Å². The highest BCUT2D eigenvalue weighted by atomic mass is 19.1. The Morgan fingerprint density at radius 1 is 1.25 bits per heavy atom. The third-order valence-electron chi connectivity index (χ3n) is 3.72. The van der Waals surface area contributed by atoms with Crippen molar-refractivity contribution in [3.05, 3.63) is 53.6 Å². The number of H-pyrrole nitrogens is 1. The number of aromatic amines is 1. The van der Waals surface area contributed by atoms with Gasteiger partial charge in [-0.25, -0.2) is 9.37 Å². The summed E-state index contributed by atoms with van der Waals surface area (Å²) >= 11 is 0. The second-order valence-electron chi connectivity index (χ2n) is 5.36. The van der Waals surface area contributed by atoms with E-state index in [0.717, 1.165) is 0 Å². The van der Waals surface area contributed by atoms with Crippen LogP contribution >= 0.6 is 0 Å². The van der Waals surface area contributed by atoms with E-state index in [2.05, 4.69) is 15.3 Å². The molecule has 4 rings (SSSR count). The van der Waals surface area contributed by atoms with E-state index in [9.17, 15) is 9.18 Å². The van der Waals surface area contributed by atoms with E-state index in [1.54, 1.807) is 24.3 Å². The third-order valence-corrected chi connectivity index (χ3v) is 3.72.